The van der Waals surface area contributed by atoms with Crippen LogP contribution >= 0.6 is 0 Å². The smallest absolute Gasteiger partial charge is 0.289 e. The lowest BCUT2D eigenvalue weighted by molar-refractivity contribution is -0.141. The minimum atomic E-state index is -1.37. The van der Waals surface area contributed by atoms with Crippen LogP contribution in [0.1, 0.15) is 83.8 Å². The highest BCUT2D eigenvalue weighted by Crippen LogP contribution is 2.38. The van der Waals surface area contributed by atoms with Crippen LogP contribution in [-0.2, 0) is 40.7 Å². The molecule has 1 unspecified atom stereocenters. The van der Waals surface area contributed by atoms with Crippen molar-refractivity contribution in [1.82, 2.24) is 26.6 Å². The number of ketones is 1. The van der Waals surface area contributed by atoms with Gasteiger partial charge in [-0.25, -0.2) is 0 Å². The lowest BCUT2D eigenvalue weighted by Gasteiger charge is -2.34. The van der Waals surface area contributed by atoms with Crippen molar-refractivity contribution >= 4 is 35.3 Å². The van der Waals surface area contributed by atoms with Gasteiger partial charge >= 0.3 is 0 Å². The Bertz CT molecular complexity index is 1250. The second kappa shape index (κ2) is 12.6. The zero-order valence-electron chi connectivity index (χ0n) is 24.9. The Morgan fingerprint density at radius 2 is 1.74 bits per heavy atom. The summed E-state index contributed by atoms with van der Waals surface area (Å²) < 4.78 is 0. The molecule has 0 spiro atoms. The monoisotopic (exact) mass is 581 g/mol. The van der Waals surface area contributed by atoms with Crippen molar-refractivity contribution in [3.05, 3.63) is 35.4 Å². The Morgan fingerprint density at radius 1 is 1.02 bits per heavy atom. The molecule has 0 aromatic heterocycles. The van der Waals surface area contributed by atoms with E-state index >= 15 is 0 Å². The normalized spacial score (nSPS) is 22.8. The summed E-state index contributed by atoms with van der Waals surface area (Å²) in [5.74, 6) is -3.77. The number of Topliss-reactive ketones (excluding diaryl/α,β-unsaturated/α-hetero) is 1. The minimum absolute atomic E-state index is 0.0137. The molecule has 1 heterocycles. The molecule has 2 aliphatic carbocycles. The number of rotatable bonds is 12. The molecule has 42 heavy (non-hydrogen) atoms. The Balaban J connectivity index is 1.56. The van der Waals surface area contributed by atoms with Crippen molar-refractivity contribution in [1.29, 1.82) is 0 Å². The molecule has 11 nitrogen and oxygen atoms in total. The third kappa shape index (κ3) is 6.99. The van der Waals surface area contributed by atoms with Crippen molar-refractivity contribution < 1.29 is 28.8 Å². The van der Waals surface area contributed by atoms with Gasteiger partial charge in [0.1, 0.15) is 11.6 Å². The van der Waals surface area contributed by atoms with Gasteiger partial charge in [0.2, 0.25) is 23.5 Å². The van der Waals surface area contributed by atoms with Crippen LogP contribution in [0.5, 0.6) is 0 Å². The maximum absolute atomic E-state index is 14.1. The standard InChI is InChI=1S/C31H43N5O6/c1-5-8-22(26(39)34-23(17-19-14-16-32-25(19)38)24(37)27(40)33-20-11-12-20)35-29(42)31(36-28(41)30(2,3)4)15-13-18-9-6-7-10-21(18)31/h6-7,9-10,19-20,22-23H,5,8,11-17H2,1-4H3,(H,32,38)(H,33,40)(H,34,39)(H,35,42)(H,36,41)/t19-,22-,23-,31?/m0/s1. The topological polar surface area (TPSA) is 163 Å². The molecule has 5 amide bonds. The maximum Gasteiger partial charge on any atom is 0.289 e. The number of hydrogen-bond donors (Lipinski definition) is 5. The number of carbonyl (C=O) groups is 6. The average molecular weight is 582 g/mol. The summed E-state index contributed by atoms with van der Waals surface area (Å²) in [6.07, 6.45) is 3.79. The number of benzene rings is 1. The third-order valence-corrected chi connectivity index (χ3v) is 8.29. The Labute approximate surface area is 246 Å². The second-order valence-corrected chi connectivity index (χ2v) is 12.8. The van der Waals surface area contributed by atoms with E-state index < -0.39 is 52.5 Å². The van der Waals surface area contributed by atoms with Gasteiger partial charge in [-0.2, -0.15) is 0 Å². The van der Waals surface area contributed by atoms with Gasteiger partial charge in [-0.05, 0) is 56.1 Å². The number of carbonyl (C=O) groups excluding carboxylic acids is 6. The van der Waals surface area contributed by atoms with Gasteiger partial charge in [0, 0.05) is 23.9 Å². The molecule has 228 valence electrons. The summed E-state index contributed by atoms with van der Waals surface area (Å²) in [6.45, 7) is 7.63. The molecular formula is C31H43N5O6. The Morgan fingerprint density at radius 3 is 2.36 bits per heavy atom. The van der Waals surface area contributed by atoms with Crippen molar-refractivity contribution in [2.75, 3.05) is 6.54 Å². The maximum atomic E-state index is 14.1. The van der Waals surface area contributed by atoms with Gasteiger partial charge in [-0.1, -0.05) is 58.4 Å². The van der Waals surface area contributed by atoms with Crippen LogP contribution in [0.15, 0.2) is 24.3 Å². The molecule has 5 N–H and O–H groups in total. The van der Waals surface area contributed by atoms with Crippen LogP contribution in [0.2, 0.25) is 0 Å². The first-order chi connectivity index (χ1) is 19.9. The average Bonchev–Trinajstić information content (AvgIpc) is 3.55. The molecule has 1 aliphatic heterocycles. The summed E-state index contributed by atoms with van der Waals surface area (Å²) in [4.78, 5) is 78.9. The van der Waals surface area contributed by atoms with Crippen LogP contribution in [0, 0.1) is 11.3 Å². The predicted octanol–water partition coefficient (Wildman–Crippen LogP) is 1.13. The van der Waals surface area contributed by atoms with E-state index in [9.17, 15) is 28.8 Å². The van der Waals surface area contributed by atoms with E-state index in [1.54, 1.807) is 20.8 Å². The fourth-order valence-electron chi connectivity index (χ4n) is 5.55. The molecule has 4 rings (SSSR count). The number of aryl methyl sites for hydroxylation is 1. The highest BCUT2D eigenvalue weighted by Gasteiger charge is 2.48. The zero-order valence-corrected chi connectivity index (χ0v) is 24.9. The van der Waals surface area contributed by atoms with E-state index in [4.69, 9.17) is 0 Å². The van der Waals surface area contributed by atoms with Crippen molar-refractivity contribution in [2.24, 2.45) is 11.3 Å². The fraction of sp³-hybridized carbons (Fsp3) is 0.613. The van der Waals surface area contributed by atoms with E-state index in [0.29, 0.717) is 37.8 Å². The molecule has 1 saturated heterocycles. The number of amides is 5. The first-order valence-corrected chi connectivity index (χ1v) is 15.0. The van der Waals surface area contributed by atoms with Crippen LogP contribution in [0.4, 0.5) is 0 Å². The highest BCUT2D eigenvalue weighted by atomic mass is 16.2. The van der Waals surface area contributed by atoms with Gasteiger partial charge in [-0.3, -0.25) is 28.8 Å². The molecule has 1 saturated carbocycles. The Hall–Kier alpha value is -3.76. The lowest BCUT2D eigenvalue weighted by atomic mass is 9.87. The van der Waals surface area contributed by atoms with Gasteiger partial charge in [-0.15, -0.1) is 0 Å². The molecule has 1 aromatic carbocycles. The summed E-state index contributed by atoms with van der Waals surface area (Å²) >= 11 is 0. The molecule has 1 aromatic rings. The molecule has 11 heteroatoms. The van der Waals surface area contributed by atoms with Crippen molar-refractivity contribution in [3.63, 3.8) is 0 Å². The predicted molar refractivity (Wildman–Crippen MR) is 155 cm³/mol. The van der Waals surface area contributed by atoms with Gasteiger partial charge < -0.3 is 26.6 Å². The number of fused-ring (bicyclic) bond motifs is 1. The van der Waals surface area contributed by atoms with Gasteiger partial charge in [0.05, 0.1) is 6.04 Å². The van der Waals surface area contributed by atoms with Crippen LogP contribution < -0.4 is 26.6 Å². The summed E-state index contributed by atoms with van der Waals surface area (Å²) in [7, 11) is 0. The molecule has 0 bridgehead atoms. The highest BCUT2D eigenvalue weighted by molar-refractivity contribution is 6.38. The molecule has 2 fully saturated rings. The Kier molecular flexibility index (Phi) is 9.37. The van der Waals surface area contributed by atoms with Crippen molar-refractivity contribution in [3.8, 4) is 0 Å². The molecule has 4 atom stereocenters. The van der Waals surface area contributed by atoms with E-state index in [2.05, 4.69) is 26.6 Å². The number of nitrogens with one attached hydrogen (secondary N) is 5. The first-order valence-electron chi connectivity index (χ1n) is 15.0. The number of hydrogen-bond acceptors (Lipinski definition) is 6. The van der Waals surface area contributed by atoms with E-state index in [-0.39, 0.29) is 30.7 Å². The van der Waals surface area contributed by atoms with Crippen LogP contribution in [0.3, 0.4) is 0 Å². The SMILES string of the molecule is CCC[C@H](NC(=O)C1(NC(=O)C(C)(C)C)CCc2ccccc21)C(=O)N[C@@H](C[C@@H]1CCNC1=O)C(=O)C(=O)NC1CC1. The first kappa shape index (κ1) is 31.2. The summed E-state index contributed by atoms with van der Waals surface area (Å²) in [5.41, 5.74) is -0.492. The minimum Gasteiger partial charge on any atom is -0.356 e. The second-order valence-electron chi connectivity index (χ2n) is 12.8. The van der Waals surface area contributed by atoms with Crippen molar-refractivity contribution in [2.45, 2.75) is 103 Å². The van der Waals surface area contributed by atoms with Gasteiger partial charge in [0.25, 0.3) is 11.8 Å². The summed E-state index contributed by atoms with van der Waals surface area (Å²) in [5, 5.41) is 13.9. The fourth-order valence-corrected chi connectivity index (χ4v) is 5.55. The molecule has 0 radical (unpaired) electrons. The zero-order chi connectivity index (χ0) is 30.7. The third-order valence-electron chi connectivity index (χ3n) is 8.29. The lowest BCUT2D eigenvalue weighted by Crippen LogP contribution is -2.61. The summed E-state index contributed by atoms with van der Waals surface area (Å²) in [6, 6.07) is 5.14. The van der Waals surface area contributed by atoms with Gasteiger partial charge in [0.15, 0.2) is 0 Å². The molecule has 3 aliphatic rings. The molecular weight excluding hydrogens is 538 g/mol. The van der Waals surface area contributed by atoms with E-state index in [1.165, 1.54) is 0 Å². The quantitative estimate of drug-likeness (QED) is 0.233. The van der Waals surface area contributed by atoms with Crippen LogP contribution in [-0.4, -0.2) is 60.0 Å². The van der Waals surface area contributed by atoms with E-state index in [1.807, 2.05) is 31.2 Å². The van der Waals surface area contributed by atoms with E-state index in [0.717, 1.165) is 18.4 Å². The largest absolute Gasteiger partial charge is 0.356 e. The van der Waals surface area contributed by atoms with Crippen LogP contribution in [0.25, 0.3) is 0 Å².